The molecule has 0 aliphatic heterocycles. The first kappa shape index (κ1) is 25.7. The predicted octanol–water partition coefficient (Wildman–Crippen LogP) is -2.09. The SMILES string of the molecule is CSCCC(NC(=O)C(N)CCC(N)=O)C(=O)NC(C)C(=O)NC(C)C(=O)O. The fourth-order valence-corrected chi connectivity index (χ4v) is 2.46. The summed E-state index contributed by atoms with van der Waals surface area (Å²) in [6.07, 6.45) is 2.11. The molecule has 160 valence electrons. The predicted molar refractivity (Wildman–Crippen MR) is 104 cm³/mol. The molecule has 0 aromatic heterocycles. The Kier molecular flexibility index (Phi) is 11.9. The fourth-order valence-electron chi connectivity index (χ4n) is 1.99. The Morgan fingerprint density at radius 1 is 0.929 bits per heavy atom. The van der Waals surface area contributed by atoms with Gasteiger partial charge >= 0.3 is 5.97 Å². The zero-order valence-corrected chi connectivity index (χ0v) is 17.0. The molecule has 0 aromatic rings. The van der Waals surface area contributed by atoms with E-state index >= 15 is 0 Å². The van der Waals surface area contributed by atoms with E-state index in [1.807, 2.05) is 6.26 Å². The van der Waals surface area contributed by atoms with Gasteiger partial charge < -0.3 is 32.5 Å². The van der Waals surface area contributed by atoms with Gasteiger partial charge in [-0.05, 0) is 38.7 Å². The molecule has 0 radical (unpaired) electrons. The van der Waals surface area contributed by atoms with E-state index in [9.17, 15) is 24.0 Å². The highest BCUT2D eigenvalue weighted by atomic mass is 32.2. The topological polar surface area (TPSA) is 194 Å². The molecule has 4 amide bonds. The van der Waals surface area contributed by atoms with Gasteiger partial charge in [0.15, 0.2) is 0 Å². The number of nitrogens with one attached hydrogen (secondary N) is 3. The minimum atomic E-state index is -1.21. The molecule has 0 bridgehead atoms. The number of carbonyl (C=O) groups is 5. The summed E-state index contributed by atoms with van der Waals surface area (Å²) < 4.78 is 0. The Hall–Kier alpha value is -2.34. The van der Waals surface area contributed by atoms with Crippen LogP contribution in [-0.4, -0.2) is 70.9 Å². The van der Waals surface area contributed by atoms with Crippen molar-refractivity contribution in [3.8, 4) is 0 Å². The van der Waals surface area contributed by atoms with E-state index in [1.165, 1.54) is 25.6 Å². The third kappa shape index (κ3) is 10.1. The highest BCUT2D eigenvalue weighted by Gasteiger charge is 2.27. The third-order valence-electron chi connectivity index (χ3n) is 3.76. The average Bonchev–Trinajstić information content (AvgIpc) is 2.62. The second kappa shape index (κ2) is 12.9. The van der Waals surface area contributed by atoms with Crippen LogP contribution in [0, 0.1) is 0 Å². The van der Waals surface area contributed by atoms with Gasteiger partial charge in [0.1, 0.15) is 18.1 Å². The Morgan fingerprint density at radius 2 is 1.50 bits per heavy atom. The lowest BCUT2D eigenvalue weighted by Crippen LogP contribution is -2.56. The number of hydrogen-bond acceptors (Lipinski definition) is 7. The van der Waals surface area contributed by atoms with Crippen molar-refractivity contribution in [2.45, 2.75) is 57.3 Å². The van der Waals surface area contributed by atoms with Crippen LogP contribution >= 0.6 is 11.8 Å². The molecule has 0 aromatic carbocycles. The highest BCUT2D eigenvalue weighted by Crippen LogP contribution is 2.03. The van der Waals surface area contributed by atoms with E-state index < -0.39 is 53.8 Å². The van der Waals surface area contributed by atoms with Gasteiger partial charge in [-0.2, -0.15) is 11.8 Å². The maximum Gasteiger partial charge on any atom is 0.325 e. The first-order chi connectivity index (χ1) is 13.0. The van der Waals surface area contributed by atoms with Gasteiger partial charge in [0.05, 0.1) is 6.04 Å². The van der Waals surface area contributed by atoms with Crippen LogP contribution in [0.25, 0.3) is 0 Å². The van der Waals surface area contributed by atoms with Gasteiger partial charge in [0.25, 0.3) is 0 Å². The standard InChI is InChI=1S/C16H29N5O6S/c1-8(13(23)20-9(2)16(26)27)19-15(25)11(6-7-28-3)21-14(24)10(17)4-5-12(18)22/h8-11H,4-7,17H2,1-3H3,(H2,18,22)(H,19,25)(H,20,23)(H,21,24)(H,26,27). The molecule has 0 aliphatic rings. The quantitative estimate of drug-likeness (QED) is 0.195. The first-order valence-corrected chi connectivity index (χ1v) is 10.1. The number of carbonyl (C=O) groups excluding carboxylic acids is 4. The van der Waals surface area contributed by atoms with Crippen molar-refractivity contribution < 1.29 is 29.1 Å². The Labute approximate surface area is 167 Å². The largest absolute Gasteiger partial charge is 0.480 e. The van der Waals surface area contributed by atoms with Crippen molar-refractivity contribution in [2.24, 2.45) is 11.5 Å². The zero-order chi connectivity index (χ0) is 21.9. The lowest BCUT2D eigenvalue weighted by atomic mass is 10.1. The number of thioether (sulfide) groups is 1. The lowest BCUT2D eigenvalue weighted by Gasteiger charge is -2.23. The van der Waals surface area contributed by atoms with Gasteiger partial charge in [-0.3, -0.25) is 24.0 Å². The highest BCUT2D eigenvalue weighted by molar-refractivity contribution is 7.98. The van der Waals surface area contributed by atoms with Gasteiger partial charge in [0.2, 0.25) is 23.6 Å². The third-order valence-corrected chi connectivity index (χ3v) is 4.41. The first-order valence-electron chi connectivity index (χ1n) is 8.66. The average molecular weight is 420 g/mol. The summed E-state index contributed by atoms with van der Waals surface area (Å²) >= 11 is 1.47. The van der Waals surface area contributed by atoms with Crippen molar-refractivity contribution >= 4 is 41.4 Å². The summed E-state index contributed by atoms with van der Waals surface area (Å²) in [4.78, 5) is 58.2. The molecule has 0 aliphatic carbocycles. The van der Waals surface area contributed by atoms with E-state index in [0.29, 0.717) is 12.2 Å². The number of carboxylic acid groups (broad SMARTS) is 1. The minimum absolute atomic E-state index is 0.0456. The van der Waals surface area contributed by atoms with Gasteiger partial charge in [-0.1, -0.05) is 0 Å². The van der Waals surface area contributed by atoms with E-state index in [4.69, 9.17) is 16.6 Å². The molecule has 4 atom stereocenters. The molecule has 11 nitrogen and oxygen atoms in total. The molecule has 0 saturated heterocycles. The smallest absolute Gasteiger partial charge is 0.325 e. The summed E-state index contributed by atoms with van der Waals surface area (Å²) in [5.74, 6) is -3.12. The van der Waals surface area contributed by atoms with Crippen molar-refractivity contribution in [2.75, 3.05) is 12.0 Å². The molecule has 0 rings (SSSR count). The number of nitrogens with two attached hydrogens (primary N) is 2. The number of primary amides is 1. The molecular weight excluding hydrogens is 390 g/mol. The molecule has 0 saturated carbocycles. The van der Waals surface area contributed by atoms with Crippen LogP contribution in [0.5, 0.6) is 0 Å². The Morgan fingerprint density at radius 3 is 2.00 bits per heavy atom. The monoisotopic (exact) mass is 419 g/mol. The molecule has 0 fully saturated rings. The van der Waals surface area contributed by atoms with Crippen LogP contribution in [0.1, 0.15) is 33.1 Å². The van der Waals surface area contributed by atoms with Gasteiger partial charge in [-0.15, -0.1) is 0 Å². The second-order valence-electron chi connectivity index (χ2n) is 6.25. The van der Waals surface area contributed by atoms with Gasteiger partial charge in [-0.25, -0.2) is 0 Å². The summed E-state index contributed by atoms with van der Waals surface area (Å²) in [5, 5.41) is 16.0. The van der Waals surface area contributed by atoms with Crippen molar-refractivity contribution in [3.63, 3.8) is 0 Å². The fraction of sp³-hybridized carbons (Fsp3) is 0.688. The number of amides is 4. The maximum atomic E-state index is 12.5. The van der Waals surface area contributed by atoms with E-state index in [-0.39, 0.29) is 12.8 Å². The molecule has 12 heteroatoms. The lowest BCUT2D eigenvalue weighted by molar-refractivity contribution is -0.141. The number of aliphatic carboxylic acids is 1. The number of hydrogen-bond donors (Lipinski definition) is 6. The zero-order valence-electron chi connectivity index (χ0n) is 16.2. The summed E-state index contributed by atoms with van der Waals surface area (Å²) in [7, 11) is 0. The normalized spacial score (nSPS) is 14.9. The molecule has 4 unspecified atom stereocenters. The van der Waals surface area contributed by atoms with Crippen LogP contribution in [0.3, 0.4) is 0 Å². The van der Waals surface area contributed by atoms with Crippen molar-refractivity contribution in [3.05, 3.63) is 0 Å². The number of carboxylic acids is 1. The molecule has 0 heterocycles. The van der Waals surface area contributed by atoms with Crippen molar-refractivity contribution in [1.82, 2.24) is 16.0 Å². The van der Waals surface area contributed by atoms with Crippen LogP contribution in [0.4, 0.5) is 0 Å². The van der Waals surface area contributed by atoms with Gasteiger partial charge in [0, 0.05) is 6.42 Å². The van der Waals surface area contributed by atoms with Crippen molar-refractivity contribution in [1.29, 1.82) is 0 Å². The minimum Gasteiger partial charge on any atom is -0.480 e. The van der Waals surface area contributed by atoms with Crippen LogP contribution in [0.15, 0.2) is 0 Å². The molecule has 8 N–H and O–H groups in total. The Bertz CT molecular complexity index is 588. The molecular formula is C16H29N5O6S. The molecule has 0 spiro atoms. The van der Waals surface area contributed by atoms with Crippen LogP contribution in [0.2, 0.25) is 0 Å². The van der Waals surface area contributed by atoms with E-state index in [0.717, 1.165) is 0 Å². The van der Waals surface area contributed by atoms with E-state index in [1.54, 1.807) is 0 Å². The van der Waals surface area contributed by atoms with Crippen LogP contribution < -0.4 is 27.4 Å². The van der Waals surface area contributed by atoms with E-state index in [2.05, 4.69) is 16.0 Å². The number of rotatable bonds is 13. The Balaban J connectivity index is 4.87. The summed E-state index contributed by atoms with van der Waals surface area (Å²) in [5.41, 5.74) is 10.7. The second-order valence-corrected chi connectivity index (χ2v) is 7.24. The summed E-state index contributed by atoms with van der Waals surface area (Å²) in [6, 6.07) is -4.06. The molecule has 28 heavy (non-hydrogen) atoms. The van der Waals surface area contributed by atoms with Crippen LogP contribution in [-0.2, 0) is 24.0 Å². The maximum absolute atomic E-state index is 12.5. The summed E-state index contributed by atoms with van der Waals surface area (Å²) in [6.45, 7) is 2.69.